The van der Waals surface area contributed by atoms with Crippen LogP contribution in [0.25, 0.3) is 0 Å². The first-order valence-corrected chi connectivity index (χ1v) is 7.00. The second kappa shape index (κ2) is 6.03. The van der Waals surface area contributed by atoms with Crippen molar-refractivity contribution in [1.29, 1.82) is 0 Å². The Morgan fingerprint density at radius 2 is 1.63 bits per heavy atom. The molecule has 0 heterocycles. The maximum absolute atomic E-state index is 13.8. The Balaban J connectivity index is 5.76. The van der Waals surface area contributed by atoms with E-state index in [-0.39, 0.29) is 6.42 Å². The maximum Gasteiger partial charge on any atom is 0.470 e. The monoisotopic (exact) mass is 314 g/mol. The summed E-state index contributed by atoms with van der Waals surface area (Å²) in [5.74, 6) is -10.1. The Morgan fingerprint density at radius 3 is 1.89 bits per heavy atom. The Bertz CT molecular complexity index is 346. The largest absolute Gasteiger partial charge is 0.470 e. The molecule has 1 unspecified atom stereocenters. The number of alkyl halides is 5. The van der Waals surface area contributed by atoms with Crippen LogP contribution in [0.1, 0.15) is 33.1 Å². The zero-order chi connectivity index (χ0) is 15.5. The van der Waals surface area contributed by atoms with Gasteiger partial charge in [0.25, 0.3) is 0 Å². The van der Waals surface area contributed by atoms with Crippen molar-refractivity contribution in [2.45, 2.75) is 50.6 Å². The predicted octanol–water partition coefficient (Wildman–Crippen LogP) is 3.28. The highest BCUT2D eigenvalue weighted by molar-refractivity contribution is 7.46. The van der Waals surface area contributed by atoms with Crippen LogP contribution in [0, 0.1) is 0 Å². The summed E-state index contributed by atoms with van der Waals surface area (Å²) in [5, 5.41) is 0. The van der Waals surface area contributed by atoms with Gasteiger partial charge in [-0.15, -0.1) is 0 Å². The molecule has 0 aliphatic heterocycles. The fourth-order valence-electron chi connectivity index (χ4n) is 1.77. The van der Waals surface area contributed by atoms with Gasteiger partial charge in [-0.05, 0) is 12.8 Å². The molecule has 0 amide bonds. The van der Waals surface area contributed by atoms with E-state index < -0.39 is 44.8 Å². The minimum absolute atomic E-state index is 0.105. The van der Waals surface area contributed by atoms with Gasteiger partial charge < -0.3 is 9.79 Å². The number of hydrogen-bond acceptors (Lipinski definition) is 2. The standard InChI is InChI=1S/C9H16F5O4P/c1-3-5-7(4-2,18-19(15,16)17)9(13,14)8(11,12)6-10/h3-6H2,1-2H3,(H2,15,16,17). The van der Waals surface area contributed by atoms with Gasteiger partial charge in [0.05, 0.1) is 0 Å². The maximum atomic E-state index is 13.8. The zero-order valence-corrected chi connectivity index (χ0v) is 11.3. The summed E-state index contributed by atoms with van der Waals surface area (Å²) in [6.45, 7) is -0.305. The molecule has 4 nitrogen and oxygen atoms in total. The number of rotatable bonds is 8. The van der Waals surface area contributed by atoms with Gasteiger partial charge in [-0.1, -0.05) is 20.3 Å². The SMILES string of the molecule is CCCC(CC)(OP(=O)(O)O)C(F)(F)C(F)(F)CF. The molecule has 0 aromatic rings. The quantitative estimate of drug-likeness (QED) is 0.533. The molecule has 0 saturated carbocycles. The van der Waals surface area contributed by atoms with Gasteiger partial charge in [0.2, 0.25) is 0 Å². The highest BCUT2D eigenvalue weighted by Gasteiger charge is 2.70. The Labute approximate surface area is 107 Å². The molecule has 0 rings (SSSR count). The van der Waals surface area contributed by atoms with E-state index in [4.69, 9.17) is 9.79 Å². The fraction of sp³-hybridized carbons (Fsp3) is 1.00. The highest BCUT2D eigenvalue weighted by atomic mass is 31.2. The average molecular weight is 314 g/mol. The molecule has 0 aliphatic rings. The van der Waals surface area contributed by atoms with Crippen molar-refractivity contribution in [2.75, 3.05) is 6.67 Å². The summed E-state index contributed by atoms with van der Waals surface area (Å²) >= 11 is 0. The second-order valence-corrected chi connectivity index (χ2v) is 5.26. The van der Waals surface area contributed by atoms with Gasteiger partial charge in [0.15, 0.2) is 6.67 Å². The summed E-state index contributed by atoms with van der Waals surface area (Å²) in [4.78, 5) is 17.3. The molecule has 1 atom stereocenters. The van der Waals surface area contributed by atoms with Crippen LogP contribution in [0.2, 0.25) is 0 Å². The smallest absolute Gasteiger partial charge is 0.303 e. The van der Waals surface area contributed by atoms with E-state index in [1.807, 2.05) is 0 Å². The lowest BCUT2D eigenvalue weighted by Gasteiger charge is -2.41. The first kappa shape index (κ1) is 18.8. The fourth-order valence-corrected chi connectivity index (χ4v) is 2.56. The van der Waals surface area contributed by atoms with Crippen molar-refractivity contribution in [3.8, 4) is 0 Å². The third kappa shape index (κ3) is 3.87. The molecular formula is C9H16F5O4P. The summed E-state index contributed by atoms with van der Waals surface area (Å²) in [6.07, 6.45) is -1.67. The van der Waals surface area contributed by atoms with E-state index in [1.165, 1.54) is 6.92 Å². The summed E-state index contributed by atoms with van der Waals surface area (Å²) in [5.41, 5.74) is -3.13. The van der Waals surface area contributed by atoms with Crippen LogP contribution in [0.5, 0.6) is 0 Å². The molecule has 0 spiro atoms. The van der Waals surface area contributed by atoms with E-state index in [0.29, 0.717) is 0 Å². The van der Waals surface area contributed by atoms with E-state index >= 15 is 0 Å². The lowest BCUT2D eigenvalue weighted by molar-refractivity contribution is -0.293. The van der Waals surface area contributed by atoms with E-state index in [2.05, 4.69) is 4.52 Å². The van der Waals surface area contributed by atoms with Gasteiger partial charge >= 0.3 is 19.7 Å². The van der Waals surface area contributed by atoms with Crippen molar-refractivity contribution < 1.29 is 40.8 Å². The second-order valence-electron chi connectivity index (χ2n) is 4.09. The minimum atomic E-state index is -5.45. The van der Waals surface area contributed by atoms with Crippen LogP contribution >= 0.6 is 7.82 Å². The number of phosphoric acid groups is 1. The zero-order valence-electron chi connectivity index (χ0n) is 10.4. The van der Waals surface area contributed by atoms with Gasteiger partial charge in [0, 0.05) is 0 Å². The van der Waals surface area contributed by atoms with Crippen LogP contribution in [-0.4, -0.2) is 33.9 Å². The van der Waals surface area contributed by atoms with Crippen molar-refractivity contribution in [2.24, 2.45) is 0 Å². The third-order valence-corrected chi connectivity index (χ3v) is 3.31. The van der Waals surface area contributed by atoms with Crippen LogP contribution in [0.3, 0.4) is 0 Å². The topological polar surface area (TPSA) is 66.8 Å². The van der Waals surface area contributed by atoms with Crippen LogP contribution in [0.15, 0.2) is 0 Å². The Morgan fingerprint density at radius 1 is 1.16 bits per heavy atom. The van der Waals surface area contributed by atoms with Crippen molar-refractivity contribution >= 4 is 7.82 Å². The van der Waals surface area contributed by atoms with Gasteiger partial charge in [-0.3, -0.25) is 4.52 Å². The molecule has 0 radical (unpaired) electrons. The van der Waals surface area contributed by atoms with E-state index in [9.17, 15) is 26.5 Å². The number of phosphoric ester groups is 1. The first-order chi connectivity index (χ1) is 8.39. The molecule has 0 aromatic heterocycles. The average Bonchev–Trinajstić information content (AvgIpc) is 2.26. The van der Waals surface area contributed by atoms with Crippen molar-refractivity contribution in [3.63, 3.8) is 0 Å². The molecule has 0 fully saturated rings. The lowest BCUT2D eigenvalue weighted by Crippen LogP contribution is -2.60. The third-order valence-electron chi connectivity index (χ3n) is 2.72. The van der Waals surface area contributed by atoms with E-state index in [1.54, 1.807) is 0 Å². The van der Waals surface area contributed by atoms with Crippen molar-refractivity contribution in [3.05, 3.63) is 0 Å². The molecular weight excluding hydrogens is 298 g/mol. The lowest BCUT2D eigenvalue weighted by atomic mass is 9.84. The van der Waals surface area contributed by atoms with Crippen LogP contribution in [-0.2, 0) is 9.09 Å². The number of hydrogen-bond donors (Lipinski definition) is 2. The Kier molecular flexibility index (Phi) is 5.96. The summed E-state index contributed by atoms with van der Waals surface area (Å²) < 4.78 is 80.5. The molecule has 2 N–H and O–H groups in total. The van der Waals surface area contributed by atoms with Crippen LogP contribution < -0.4 is 0 Å². The molecule has 0 aromatic carbocycles. The molecule has 0 bridgehead atoms. The highest BCUT2D eigenvalue weighted by Crippen LogP contribution is 2.55. The van der Waals surface area contributed by atoms with Gasteiger partial charge in [-0.25, -0.2) is 8.96 Å². The van der Waals surface area contributed by atoms with Gasteiger partial charge in [0.1, 0.15) is 5.60 Å². The first-order valence-electron chi connectivity index (χ1n) is 5.47. The van der Waals surface area contributed by atoms with Crippen LogP contribution in [0.4, 0.5) is 22.0 Å². The predicted molar refractivity (Wildman–Crippen MR) is 56.9 cm³/mol. The minimum Gasteiger partial charge on any atom is -0.303 e. The summed E-state index contributed by atoms with van der Waals surface area (Å²) in [6, 6.07) is 0. The summed E-state index contributed by atoms with van der Waals surface area (Å²) in [7, 11) is -5.45. The molecule has 0 aliphatic carbocycles. The molecule has 0 saturated heterocycles. The normalized spacial score (nSPS) is 17.3. The molecule has 10 heteroatoms. The van der Waals surface area contributed by atoms with E-state index in [0.717, 1.165) is 6.92 Å². The molecule has 116 valence electrons. The molecule has 19 heavy (non-hydrogen) atoms. The Hall–Kier alpha value is -0.240. The van der Waals surface area contributed by atoms with Crippen molar-refractivity contribution in [1.82, 2.24) is 0 Å². The van der Waals surface area contributed by atoms with Gasteiger partial charge in [-0.2, -0.15) is 17.6 Å². The number of halogens is 5.